The monoisotopic (exact) mass is 380 g/mol. The normalized spacial score (nSPS) is 27.0. The Morgan fingerprint density at radius 2 is 2.11 bits per heavy atom. The van der Waals surface area contributed by atoms with Crippen molar-refractivity contribution in [3.05, 3.63) is 76.9 Å². The fraction of sp³-hybridized carbons (Fsp3) is 0.417. The van der Waals surface area contributed by atoms with Gasteiger partial charge in [-0.3, -0.25) is 0 Å². The Bertz CT molecular complexity index is 821. The second kappa shape index (κ2) is 7.55. The molecule has 0 radical (unpaired) electrons. The summed E-state index contributed by atoms with van der Waals surface area (Å²) in [5, 5.41) is 6.00. The van der Waals surface area contributed by atoms with E-state index in [1.807, 2.05) is 17.4 Å². The summed E-state index contributed by atoms with van der Waals surface area (Å²) in [6.45, 7) is 19.2. The van der Waals surface area contributed by atoms with Gasteiger partial charge in [0.1, 0.15) is 0 Å². The van der Waals surface area contributed by atoms with Gasteiger partial charge in [0, 0.05) is 23.5 Å². The van der Waals surface area contributed by atoms with E-state index >= 15 is 0 Å². The van der Waals surface area contributed by atoms with Crippen molar-refractivity contribution in [3.63, 3.8) is 0 Å². The maximum Gasteiger partial charge on any atom is 0.0986 e. The van der Waals surface area contributed by atoms with Crippen LogP contribution in [0.25, 0.3) is 5.57 Å². The molecule has 1 saturated carbocycles. The molecule has 1 aromatic rings. The molecule has 1 aliphatic carbocycles. The molecule has 3 rings (SSSR count). The van der Waals surface area contributed by atoms with Gasteiger partial charge in [-0.25, -0.2) is 0 Å². The molecule has 3 heteroatoms. The molecular formula is C24H32N2S. The van der Waals surface area contributed by atoms with Gasteiger partial charge in [0.15, 0.2) is 0 Å². The molecule has 1 saturated heterocycles. The molecule has 1 aromatic heterocycles. The maximum absolute atomic E-state index is 4.43. The lowest BCUT2D eigenvalue weighted by Gasteiger charge is -2.49. The lowest BCUT2D eigenvalue weighted by Crippen LogP contribution is -2.55. The molecule has 1 aliphatic heterocycles. The Morgan fingerprint density at radius 3 is 2.67 bits per heavy atom. The van der Waals surface area contributed by atoms with Crippen LogP contribution in [-0.4, -0.2) is 11.9 Å². The first-order valence-corrected chi connectivity index (χ1v) is 10.7. The third-order valence-electron chi connectivity index (χ3n) is 6.08. The van der Waals surface area contributed by atoms with E-state index in [1.165, 1.54) is 40.1 Å². The lowest BCUT2D eigenvalue weighted by atomic mass is 9.76. The Labute approximate surface area is 168 Å². The molecule has 0 amide bonds. The molecular weight excluding hydrogens is 348 g/mol. The van der Waals surface area contributed by atoms with Gasteiger partial charge in [-0.05, 0) is 67.2 Å². The van der Waals surface area contributed by atoms with Crippen molar-refractivity contribution in [2.75, 3.05) is 7.05 Å². The van der Waals surface area contributed by atoms with Gasteiger partial charge in [0.05, 0.1) is 11.4 Å². The van der Waals surface area contributed by atoms with Gasteiger partial charge in [0.25, 0.3) is 0 Å². The van der Waals surface area contributed by atoms with E-state index in [-0.39, 0.29) is 5.54 Å². The predicted octanol–water partition coefficient (Wildman–Crippen LogP) is 6.44. The summed E-state index contributed by atoms with van der Waals surface area (Å²) in [4.78, 5) is 3.48. The first-order valence-electron chi connectivity index (χ1n) is 9.84. The van der Waals surface area contributed by atoms with Crippen molar-refractivity contribution in [1.82, 2.24) is 10.2 Å². The summed E-state index contributed by atoms with van der Waals surface area (Å²) in [5.74, 6) is 2.05. The third kappa shape index (κ3) is 3.58. The average Bonchev–Trinajstić information content (AvgIpc) is 3.35. The molecule has 2 nitrogen and oxygen atoms in total. The fourth-order valence-electron chi connectivity index (χ4n) is 4.16. The summed E-state index contributed by atoms with van der Waals surface area (Å²) in [5.41, 5.74) is 4.82. The first-order chi connectivity index (χ1) is 12.8. The van der Waals surface area contributed by atoms with Crippen LogP contribution in [0.1, 0.15) is 50.5 Å². The number of hydrogen-bond donors (Lipinski definition) is 1. The second-order valence-electron chi connectivity index (χ2n) is 7.86. The molecule has 2 fully saturated rings. The van der Waals surface area contributed by atoms with E-state index in [2.05, 4.69) is 81.4 Å². The Balaban J connectivity index is 1.98. The molecule has 0 bridgehead atoms. The Kier molecular flexibility index (Phi) is 5.53. The van der Waals surface area contributed by atoms with Crippen molar-refractivity contribution in [2.45, 2.75) is 45.6 Å². The van der Waals surface area contributed by atoms with Gasteiger partial charge in [-0.2, -0.15) is 0 Å². The van der Waals surface area contributed by atoms with Crippen LogP contribution in [0.2, 0.25) is 0 Å². The van der Waals surface area contributed by atoms with Crippen LogP contribution >= 0.6 is 11.3 Å². The van der Waals surface area contributed by atoms with Crippen LogP contribution in [0.15, 0.2) is 66.5 Å². The summed E-state index contributed by atoms with van der Waals surface area (Å²) in [6.07, 6.45) is 9.97. The standard InChI is InChI=1S/C24H32N2S/c1-8-18(9-2)13-19(10-3)21-14-22(27-15-21)24(6)23(20-11-12-20)16(4)26(7)17(5)25-24/h8,10,13-15,20,23,25H,1,4-5,9,11-12H2,2-3,6-7H3/b18-13+,19-10+/t23?,24-/m1/s1. The van der Waals surface area contributed by atoms with Gasteiger partial charge >= 0.3 is 0 Å². The van der Waals surface area contributed by atoms with Crippen LogP contribution in [0.4, 0.5) is 0 Å². The summed E-state index contributed by atoms with van der Waals surface area (Å²) in [6, 6.07) is 2.35. The second-order valence-corrected chi connectivity index (χ2v) is 8.77. The number of nitrogens with zero attached hydrogens (tertiary/aromatic N) is 1. The first kappa shape index (κ1) is 19.8. The Morgan fingerprint density at radius 1 is 1.41 bits per heavy atom. The van der Waals surface area contributed by atoms with Crippen molar-refractivity contribution in [1.29, 1.82) is 0 Å². The van der Waals surface area contributed by atoms with Crippen LogP contribution in [0.3, 0.4) is 0 Å². The highest BCUT2D eigenvalue weighted by Gasteiger charge is 2.50. The van der Waals surface area contributed by atoms with E-state index in [9.17, 15) is 0 Å². The molecule has 2 atom stereocenters. The van der Waals surface area contributed by atoms with E-state index in [4.69, 9.17) is 0 Å². The summed E-state index contributed by atoms with van der Waals surface area (Å²) in [7, 11) is 2.07. The maximum atomic E-state index is 4.43. The van der Waals surface area contributed by atoms with Gasteiger partial charge in [-0.15, -0.1) is 11.3 Å². The van der Waals surface area contributed by atoms with Gasteiger partial charge in [0.2, 0.25) is 0 Å². The third-order valence-corrected chi connectivity index (χ3v) is 7.25. The van der Waals surface area contributed by atoms with E-state index in [0.717, 1.165) is 12.2 Å². The average molecular weight is 381 g/mol. The summed E-state index contributed by atoms with van der Waals surface area (Å²) >= 11 is 1.84. The van der Waals surface area contributed by atoms with E-state index in [0.29, 0.717) is 11.8 Å². The zero-order valence-electron chi connectivity index (χ0n) is 17.1. The molecule has 1 unspecified atom stereocenters. The van der Waals surface area contributed by atoms with Crippen molar-refractivity contribution >= 4 is 16.9 Å². The van der Waals surface area contributed by atoms with Gasteiger partial charge in [-0.1, -0.05) is 44.9 Å². The fourth-order valence-corrected chi connectivity index (χ4v) is 5.24. The van der Waals surface area contributed by atoms with Crippen molar-refractivity contribution in [2.24, 2.45) is 11.8 Å². The van der Waals surface area contributed by atoms with Crippen molar-refractivity contribution < 1.29 is 0 Å². The molecule has 2 aliphatic rings. The zero-order valence-corrected chi connectivity index (χ0v) is 18.0. The van der Waals surface area contributed by atoms with Crippen LogP contribution in [0, 0.1) is 11.8 Å². The quantitative estimate of drug-likeness (QED) is 0.572. The highest BCUT2D eigenvalue weighted by molar-refractivity contribution is 7.10. The van der Waals surface area contributed by atoms with Crippen LogP contribution < -0.4 is 5.32 Å². The number of hydrogen-bond acceptors (Lipinski definition) is 3. The minimum Gasteiger partial charge on any atom is -0.361 e. The number of nitrogens with one attached hydrogen (secondary N) is 1. The highest BCUT2D eigenvalue weighted by atomic mass is 32.1. The number of thiophene rings is 1. The molecule has 27 heavy (non-hydrogen) atoms. The largest absolute Gasteiger partial charge is 0.361 e. The van der Waals surface area contributed by atoms with E-state index in [1.54, 1.807) is 0 Å². The van der Waals surface area contributed by atoms with Crippen molar-refractivity contribution in [3.8, 4) is 0 Å². The molecule has 2 heterocycles. The smallest absolute Gasteiger partial charge is 0.0986 e. The Hall–Kier alpha value is -2.00. The number of allylic oxidation sites excluding steroid dienone is 5. The lowest BCUT2D eigenvalue weighted by molar-refractivity contribution is 0.167. The van der Waals surface area contributed by atoms with Gasteiger partial charge < -0.3 is 10.2 Å². The molecule has 144 valence electrons. The number of rotatable bonds is 6. The highest BCUT2D eigenvalue weighted by Crippen LogP contribution is 2.53. The minimum absolute atomic E-state index is 0.153. The van der Waals surface area contributed by atoms with Crippen LogP contribution in [-0.2, 0) is 5.54 Å². The minimum atomic E-state index is -0.153. The molecule has 0 spiro atoms. The zero-order chi connectivity index (χ0) is 19.8. The molecule has 1 N–H and O–H groups in total. The predicted molar refractivity (Wildman–Crippen MR) is 119 cm³/mol. The molecule has 0 aromatic carbocycles. The van der Waals surface area contributed by atoms with E-state index < -0.39 is 0 Å². The summed E-state index contributed by atoms with van der Waals surface area (Å²) < 4.78 is 0. The SMILES string of the molecule is C=C/C(=C\C(=C/C)c1csc([C@@]2(C)NC(=C)N(C)C(=C)C2C2CC2)c1)CC. The topological polar surface area (TPSA) is 15.3 Å². The van der Waals surface area contributed by atoms with Crippen LogP contribution in [0.5, 0.6) is 0 Å².